The summed E-state index contributed by atoms with van der Waals surface area (Å²) in [5.74, 6) is 0.713. The van der Waals surface area contributed by atoms with Gasteiger partial charge in [0, 0.05) is 22.5 Å². The Labute approximate surface area is 152 Å². The van der Waals surface area contributed by atoms with Crippen molar-refractivity contribution in [1.29, 1.82) is 5.26 Å². The van der Waals surface area contributed by atoms with Crippen molar-refractivity contribution in [3.05, 3.63) is 47.7 Å². The van der Waals surface area contributed by atoms with Gasteiger partial charge in [-0.3, -0.25) is 4.98 Å². The van der Waals surface area contributed by atoms with E-state index in [-0.39, 0.29) is 0 Å². The first-order chi connectivity index (χ1) is 12.3. The van der Waals surface area contributed by atoms with Gasteiger partial charge in [0.15, 0.2) is 0 Å². The van der Waals surface area contributed by atoms with Gasteiger partial charge in [-0.05, 0) is 61.8 Å². The second-order valence-electron chi connectivity index (χ2n) is 7.24. The van der Waals surface area contributed by atoms with Crippen LogP contribution in [-0.2, 0) is 0 Å². The molecule has 2 aliphatic carbocycles. The Kier molecular flexibility index (Phi) is 3.39. The monoisotopic (exact) mass is 345 g/mol. The van der Waals surface area contributed by atoms with Crippen LogP contribution in [0.1, 0.15) is 55.2 Å². The van der Waals surface area contributed by atoms with Crippen molar-refractivity contribution >= 4 is 23.5 Å². The van der Waals surface area contributed by atoms with Crippen molar-refractivity contribution in [2.45, 2.75) is 49.0 Å². The van der Waals surface area contributed by atoms with Crippen molar-refractivity contribution in [1.82, 2.24) is 9.55 Å². The van der Waals surface area contributed by atoms with Crippen molar-refractivity contribution in [3.63, 3.8) is 0 Å². The molecule has 0 bridgehead atoms. The lowest BCUT2D eigenvalue weighted by atomic mass is 9.92. The first kappa shape index (κ1) is 15.0. The van der Waals surface area contributed by atoms with Gasteiger partial charge in [-0.25, -0.2) is 0 Å². The molecule has 5 rings (SSSR count). The highest BCUT2D eigenvalue weighted by molar-refractivity contribution is 7.80. The average molecular weight is 345 g/mol. The lowest BCUT2D eigenvalue weighted by Crippen LogP contribution is -2.18. The van der Waals surface area contributed by atoms with Crippen molar-refractivity contribution in [2.24, 2.45) is 0 Å². The highest BCUT2D eigenvalue weighted by Crippen LogP contribution is 2.45. The van der Waals surface area contributed by atoms with Gasteiger partial charge in [-0.2, -0.15) is 5.26 Å². The summed E-state index contributed by atoms with van der Waals surface area (Å²) in [5, 5.41) is 11.0. The van der Waals surface area contributed by atoms with Gasteiger partial charge in [0.05, 0.1) is 22.5 Å². The van der Waals surface area contributed by atoms with Crippen LogP contribution in [0.4, 0.5) is 0 Å². The van der Waals surface area contributed by atoms with Gasteiger partial charge in [-0.1, -0.05) is 12.1 Å². The molecule has 0 radical (unpaired) electrons. The van der Waals surface area contributed by atoms with E-state index in [4.69, 9.17) is 0 Å². The topological polar surface area (TPSA) is 41.6 Å². The SMILES string of the molecule is N#Cc1c(-c2ccc(S)cn2)n(C2CCC2)c2cc(C3CC3)ccc12. The third-order valence-corrected chi connectivity index (χ3v) is 5.88. The zero-order valence-corrected chi connectivity index (χ0v) is 14.8. The smallest absolute Gasteiger partial charge is 0.102 e. The molecular weight excluding hydrogens is 326 g/mol. The van der Waals surface area contributed by atoms with E-state index in [9.17, 15) is 5.26 Å². The summed E-state index contributed by atoms with van der Waals surface area (Å²) in [6, 6.07) is 13.5. The molecular formula is C21H19N3S. The molecule has 25 heavy (non-hydrogen) atoms. The number of fused-ring (bicyclic) bond motifs is 1. The minimum atomic E-state index is 0.478. The number of rotatable bonds is 3. The number of aromatic nitrogens is 2. The highest BCUT2D eigenvalue weighted by Gasteiger charge is 2.30. The van der Waals surface area contributed by atoms with Gasteiger partial charge in [0.2, 0.25) is 0 Å². The van der Waals surface area contributed by atoms with E-state index in [2.05, 4.69) is 46.4 Å². The molecule has 0 aliphatic heterocycles. The standard InChI is InChI=1S/C21H19N3S/c22-11-18-17-8-6-14(13-4-5-13)10-20(17)24(15-2-1-3-15)21(18)19-9-7-16(25)12-23-19/h6-10,12-13,15,25H,1-5H2. The minimum absolute atomic E-state index is 0.478. The summed E-state index contributed by atoms with van der Waals surface area (Å²) in [7, 11) is 0. The normalized spacial score (nSPS) is 17.4. The Morgan fingerprint density at radius 2 is 1.96 bits per heavy atom. The van der Waals surface area contributed by atoms with Crippen LogP contribution in [0.3, 0.4) is 0 Å². The Morgan fingerprint density at radius 1 is 1.12 bits per heavy atom. The molecule has 3 nitrogen and oxygen atoms in total. The van der Waals surface area contributed by atoms with Crippen LogP contribution in [0.15, 0.2) is 41.4 Å². The van der Waals surface area contributed by atoms with Gasteiger partial charge < -0.3 is 4.57 Å². The molecule has 2 aromatic heterocycles. The molecule has 0 saturated heterocycles. The second kappa shape index (κ2) is 5.64. The summed E-state index contributed by atoms with van der Waals surface area (Å²) in [5.41, 5.74) is 5.22. The molecule has 0 atom stereocenters. The third-order valence-electron chi connectivity index (χ3n) is 5.62. The van der Waals surface area contributed by atoms with Crippen LogP contribution in [0.5, 0.6) is 0 Å². The summed E-state index contributed by atoms with van der Waals surface area (Å²) in [6.07, 6.45) is 7.96. The average Bonchev–Trinajstić information content (AvgIpc) is 3.38. The van der Waals surface area contributed by atoms with E-state index in [1.54, 1.807) is 6.20 Å². The highest BCUT2D eigenvalue weighted by atomic mass is 32.1. The van der Waals surface area contributed by atoms with E-state index in [0.717, 1.165) is 27.2 Å². The Balaban J connectivity index is 1.81. The Morgan fingerprint density at radius 3 is 2.56 bits per heavy atom. The van der Waals surface area contributed by atoms with Crippen molar-refractivity contribution in [2.75, 3.05) is 0 Å². The van der Waals surface area contributed by atoms with E-state index < -0.39 is 0 Å². The van der Waals surface area contributed by atoms with Crippen LogP contribution in [0.25, 0.3) is 22.3 Å². The van der Waals surface area contributed by atoms with E-state index in [1.807, 2.05) is 12.1 Å². The molecule has 2 saturated carbocycles. The van der Waals surface area contributed by atoms with Gasteiger partial charge in [-0.15, -0.1) is 12.6 Å². The number of nitriles is 1. The number of hydrogen-bond acceptors (Lipinski definition) is 3. The number of pyridine rings is 1. The fraction of sp³-hybridized carbons (Fsp3) is 0.333. The predicted octanol–water partition coefficient (Wildman–Crippen LogP) is 5.47. The largest absolute Gasteiger partial charge is 0.335 e. The third kappa shape index (κ3) is 2.38. The Bertz CT molecular complexity index is 1000. The van der Waals surface area contributed by atoms with Gasteiger partial charge >= 0.3 is 0 Å². The lowest BCUT2D eigenvalue weighted by Gasteiger charge is -2.30. The van der Waals surface area contributed by atoms with E-state index in [1.165, 1.54) is 43.2 Å². The van der Waals surface area contributed by atoms with Crippen LogP contribution in [0.2, 0.25) is 0 Å². The minimum Gasteiger partial charge on any atom is -0.335 e. The number of thiol groups is 1. The Hall–Kier alpha value is -2.25. The van der Waals surface area contributed by atoms with Crippen LogP contribution >= 0.6 is 12.6 Å². The maximum atomic E-state index is 9.90. The number of benzene rings is 1. The summed E-state index contributed by atoms with van der Waals surface area (Å²) >= 11 is 4.35. The summed E-state index contributed by atoms with van der Waals surface area (Å²) in [4.78, 5) is 5.41. The zero-order valence-electron chi connectivity index (χ0n) is 13.9. The van der Waals surface area contributed by atoms with Gasteiger partial charge in [0.1, 0.15) is 6.07 Å². The molecule has 2 heterocycles. The first-order valence-electron chi connectivity index (χ1n) is 8.99. The molecule has 2 aliphatic rings. The fourth-order valence-electron chi connectivity index (χ4n) is 3.91. The molecule has 0 spiro atoms. The van der Waals surface area contributed by atoms with Crippen molar-refractivity contribution < 1.29 is 0 Å². The molecule has 124 valence electrons. The molecule has 0 unspecified atom stereocenters. The molecule has 3 aromatic rings. The predicted molar refractivity (Wildman–Crippen MR) is 102 cm³/mol. The van der Waals surface area contributed by atoms with E-state index in [0.29, 0.717) is 12.0 Å². The fourth-order valence-corrected chi connectivity index (χ4v) is 4.05. The quantitative estimate of drug-likeness (QED) is 0.640. The lowest BCUT2D eigenvalue weighted by molar-refractivity contribution is 0.324. The molecule has 0 amide bonds. The summed E-state index contributed by atoms with van der Waals surface area (Å²) in [6.45, 7) is 0. The summed E-state index contributed by atoms with van der Waals surface area (Å²) < 4.78 is 2.39. The first-order valence-corrected chi connectivity index (χ1v) is 9.44. The number of hydrogen-bond donors (Lipinski definition) is 1. The second-order valence-corrected chi connectivity index (χ2v) is 7.76. The van der Waals surface area contributed by atoms with Crippen molar-refractivity contribution in [3.8, 4) is 17.5 Å². The molecule has 2 fully saturated rings. The zero-order chi connectivity index (χ0) is 17.0. The van der Waals surface area contributed by atoms with Crippen LogP contribution in [0, 0.1) is 11.3 Å². The van der Waals surface area contributed by atoms with E-state index >= 15 is 0 Å². The van der Waals surface area contributed by atoms with Crippen LogP contribution < -0.4 is 0 Å². The molecule has 4 heteroatoms. The molecule has 1 aromatic carbocycles. The maximum Gasteiger partial charge on any atom is 0.102 e. The maximum absolute atomic E-state index is 9.90. The number of nitrogens with zero attached hydrogens (tertiary/aromatic N) is 3. The van der Waals surface area contributed by atoms with Gasteiger partial charge in [0.25, 0.3) is 0 Å². The molecule has 0 N–H and O–H groups in total. The van der Waals surface area contributed by atoms with Crippen LogP contribution in [-0.4, -0.2) is 9.55 Å².